The summed E-state index contributed by atoms with van der Waals surface area (Å²) < 4.78 is 0. The Labute approximate surface area is 54.9 Å². The third kappa shape index (κ3) is 1.91. The number of hydrogen-bond acceptors (Lipinski definition) is 4. The van der Waals surface area contributed by atoms with Gasteiger partial charge in [0.05, 0.1) is 5.70 Å². The van der Waals surface area contributed by atoms with Gasteiger partial charge in [0.15, 0.2) is 0 Å². The molecule has 0 fully saturated rings. The summed E-state index contributed by atoms with van der Waals surface area (Å²) in [4.78, 5) is 2.09. The topological polar surface area (TPSA) is 39.3 Å². The Kier molecular flexibility index (Phi) is 1.92. The van der Waals surface area contributed by atoms with Crippen LogP contribution in [0.5, 0.6) is 0 Å². The molecule has 1 aliphatic heterocycles. The standard InChI is InChI=1S/C5H12N4/c1-9(2)4-5-3-6-8-7-5/h3,6-8H,4H2,1-2H3. The van der Waals surface area contributed by atoms with E-state index in [-0.39, 0.29) is 0 Å². The molecule has 52 valence electrons. The minimum Gasteiger partial charge on any atom is -0.309 e. The van der Waals surface area contributed by atoms with Crippen LogP contribution in [0.2, 0.25) is 0 Å². The fraction of sp³-hybridized carbons (Fsp3) is 0.600. The van der Waals surface area contributed by atoms with E-state index in [1.54, 1.807) is 0 Å². The van der Waals surface area contributed by atoms with Crippen molar-refractivity contribution in [1.82, 2.24) is 21.3 Å². The normalized spacial score (nSPS) is 17.0. The van der Waals surface area contributed by atoms with Crippen LogP contribution in [0.25, 0.3) is 0 Å². The Morgan fingerprint density at radius 3 is 2.78 bits per heavy atom. The van der Waals surface area contributed by atoms with Crippen molar-refractivity contribution >= 4 is 0 Å². The molecule has 0 amide bonds. The smallest absolute Gasteiger partial charge is 0.0590 e. The number of hydrazine groups is 2. The van der Waals surface area contributed by atoms with Gasteiger partial charge in [-0.05, 0) is 14.1 Å². The predicted octanol–water partition coefficient (Wildman–Crippen LogP) is -0.998. The third-order valence-electron chi connectivity index (χ3n) is 1.03. The number of hydrogen-bond donors (Lipinski definition) is 3. The summed E-state index contributed by atoms with van der Waals surface area (Å²) in [6.45, 7) is 0.931. The number of rotatable bonds is 2. The lowest BCUT2D eigenvalue weighted by Gasteiger charge is -2.08. The zero-order valence-electron chi connectivity index (χ0n) is 5.73. The van der Waals surface area contributed by atoms with Crippen LogP contribution in [0.1, 0.15) is 0 Å². The summed E-state index contributed by atoms with van der Waals surface area (Å²) in [5.41, 5.74) is 9.69. The fourth-order valence-electron chi connectivity index (χ4n) is 0.702. The maximum Gasteiger partial charge on any atom is 0.0590 e. The molecule has 4 nitrogen and oxygen atoms in total. The van der Waals surface area contributed by atoms with Crippen molar-refractivity contribution in [1.29, 1.82) is 0 Å². The van der Waals surface area contributed by atoms with Crippen LogP contribution in [0.15, 0.2) is 11.9 Å². The summed E-state index contributed by atoms with van der Waals surface area (Å²) >= 11 is 0. The van der Waals surface area contributed by atoms with E-state index in [9.17, 15) is 0 Å². The Hall–Kier alpha value is -0.740. The van der Waals surface area contributed by atoms with E-state index in [0.717, 1.165) is 12.2 Å². The van der Waals surface area contributed by atoms with Crippen molar-refractivity contribution < 1.29 is 0 Å². The van der Waals surface area contributed by atoms with Gasteiger partial charge >= 0.3 is 0 Å². The van der Waals surface area contributed by atoms with Gasteiger partial charge in [-0.15, -0.1) is 0 Å². The first-order chi connectivity index (χ1) is 4.29. The summed E-state index contributed by atoms with van der Waals surface area (Å²) in [6, 6.07) is 0. The van der Waals surface area contributed by atoms with Gasteiger partial charge in [0.1, 0.15) is 0 Å². The highest BCUT2D eigenvalue weighted by atomic mass is 15.6. The Morgan fingerprint density at radius 1 is 1.56 bits per heavy atom. The van der Waals surface area contributed by atoms with Crippen molar-refractivity contribution in [2.75, 3.05) is 20.6 Å². The molecule has 0 bridgehead atoms. The summed E-state index contributed by atoms with van der Waals surface area (Å²) in [5, 5.41) is 0. The molecule has 9 heavy (non-hydrogen) atoms. The minimum atomic E-state index is 0.931. The molecule has 0 spiro atoms. The molecule has 0 unspecified atom stereocenters. The predicted molar refractivity (Wildman–Crippen MR) is 36.0 cm³/mol. The molecule has 0 aliphatic carbocycles. The molecule has 4 heteroatoms. The van der Waals surface area contributed by atoms with E-state index in [0.29, 0.717) is 0 Å². The van der Waals surface area contributed by atoms with Crippen LogP contribution in [0, 0.1) is 0 Å². The van der Waals surface area contributed by atoms with Gasteiger partial charge in [-0.1, -0.05) is 0 Å². The summed E-state index contributed by atoms with van der Waals surface area (Å²) in [5.74, 6) is 0. The molecule has 1 aliphatic rings. The SMILES string of the molecule is CN(C)CC1=CNNN1. The molecular formula is C5H12N4. The first-order valence-electron chi connectivity index (χ1n) is 2.89. The maximum atomic E-state index is 2.95. The van der Waals surface area contributed by atoms with Crippen LogP contribution in [0.4, 0.5) is 0 Å². The molecule has 0 saturated heterocycles. The maximum absolute atomic E-state index is 2.95. The van der Waals surface area contributed by atoms with Crippen molar-refractivity contribution in [2.45, 2.75) is 0 Å². The molecule has 0 aromatic heterocycles. The number of nitrogens with one attached hydrogen (secondary N) is 3. The highest BCUT2D eigenvalue weighted by Crippen LogP contribution is 1.89. The number of likely N-dealkylation sites (N-methyl/N-ethyl adjacent to an activating group) is 1. The van der Waals surface area contributed by atoms with Crippen molar-refractivity contribution in [3.63, 3.8) is 0 Å². The molecule has 0 radical (unpaired) electrons. The van der Waals surface area contributed by atoms with E-state index in [2.05, 4.69) is 21.3 Å². The van der Waals surface area contributed by atoms with Crippen molar-refractivity contribution in [3.8, 4) is 0 Å². The van der Waals surface area contributed by atoms with Gasteiger partial charge in [0.25, 0.3) is 0 Å². The summed E-state index contributed by atoms with van der Waals surface area (Å²) in [7, 11) is 4.06. The quantitative estimate of drug-likeness (QED) is 0.446. The van der Waals surface area contributed by atoms with Gasteiger partial charge in [-0.2, -0.15) is 5.53 Å². The molecule has 0 atom stereocenters. The van der Waals surface area contributed by atoms with E-state index >= 15 is 0 Å². The van der Waals surface area contributed by atoms with Crippen molar-refractivity contribution in [3.05, 3.63) is 11.9 Å². The third-order valence-corrected chi connectivity index (χ3v) is 1.03. The Bertz CT molecular complexity index is 118. The van der Waals surface area contributed by atoms with E-state index in [1.165, 1.54) is 0 Å². The lowest BCUT2D eigenvalue weighted by atomic mass is 10.4. The average molecular weight is 128 g/mol. The first-order valence-corrected chi connectivity index (χ1v) is 2.89. The molecule has 0 saturated carbocycles. The molecule has 0 aromatic carbocycles. The van der Waals surface area contributed by atoms with Crippen LogP contribution < -0.4 is 16.4 Å². The van der Waals surface area contributed by atoms with Crippen LogP contribution in [-0.2, 0) is 0 Å². The second-order valence-electron chi connectivity index (χ2n) is 2.30. The average Bonchev–Trinajstić information content (AvgIpc) is 2.15. The van der Waals surface area contributed by atoms with Crippen LogP contribution in [0.3, 0.4) is 0 Å². The monoisotopic (exact) mass is 128 g/mol. The fourth-order valence-corrected chi connectivity index (χ4v) is 0.702. The molecular weight excluding hydrogens is 116 g/mol. The zero-order chi connectivity index (χ0) is 6.69. The van der Waals surface area contributed by atoms with Gasteiger partial charge in [0.2, 0.25) is 0 Å². The molecule has 1 rings (SSSR count). The lowest BCUT2D eigenvalue weighted by Crippen LogP contribution is -2.33. The van der Waals surface area contributed by atoms with Crippen LogP contribution in [-0.4, -0.2) is 25.5 Å². The Balaban J connectivity index is 2.26. The minimum absolute atomic E-state index is 0.931. The summed E-state index contributed by atoms with van der Waals surface area (Å²) in [6.07, 6.45) is 1.90. The highest BCUT2D eigenvalue weighted by Gasteiger charge is 2.01. The van der Waals surface area contributed by atoms with Crippen molar-refractivity contribution in [2.24, 2.45) is 0 Å². The highest BCUT2D eigenvalue weighted by molar-refractivity contribution is 5.01. The van der Waals surface area contributed by atoms with E-state index < -0.39 is 0 Å². The largest absolute Gasteiger partial charge is 0.309 e. The lowest BCUT2D eigenvalue weighted by molar-refractivity contribution is 0.428. The van der Waals surface area contributed by atoms with Crippen LogP contribution >= 0.6 is 0 Å². The zero-order valence-corrected chi connectivity index (χ0v) is 5.73. The molecule has 0 aromatic rings. The second kappa shape index (κ2) is 2.70. The van der Waals surface area contributed by atoms with E-state index in [4.69, 9.17) is 0 Å². The first kappa shape index (κ1) is 6.38. The number of nitrogens with zero attached hydrogens (tertiary/aromatic N) is 1. The van der Waals surface area contributed by atoms with Gasteiger partial charge < -0.3 is 15.8 Å². The molecule has 3 N–H and O–H groups in total. The molecule has 1 heterocycles. The Morgan fingerprint density at radius 2 is 2.33 bits per heavy atom. The van der Waals surface area contributed by atoms with Gasteiger partial charge in [0, 0.05) is 12.7 Å². The second-order valence-corrected chi connectivity index (χ2v) is 2.30. The van der Waals surface area contributed by atoms with E-state index in [1.807, 2.05) is 20.3 Å². The van der Waals surface area contributed by atoms with Gasteiger partial charge in [-0.25, -0.2) is 0 Å². The van der Waals surface area contributed by atoms with Gasteiger partial charge in [-0.3, -0.25) is 0 Å².